The summed E-state index contributed by atoms with van der Waals surface area (Å²) < 4.78 is 7.05. The molecular weight excluding hydrogens is 312 g/mol. The van der Waals surface area contributed by atoms with Crippen LogP contribution in [0.25, 0.3) is 5.69 Å². The Labute approximate surface area is 137 Å². The maximum Gasteiger partial charge on any atom is 0.251 e. The van der Waals surface area contributed by atoms with E-state index in [2.05, 4.69) is 15.6 Å². The van der Waals surface area contributed by atoms with Gasteiger partial charge in [0, 0.05) is 10.9 Å². The van der Waals surface area contributed by atoms with Crippen molar-refractivity contribution in [1.82, 2.24) is 20.3 Å². The molecular formula is C16H16N4O2S. The van der Waals surface area contributed by atoms with E-state index in [1.165, 1.54) is 0 Å². The van der Waals surface area contributed by atoms with E-state index in [4.69, 9.17) is 4.74 Å². The highest BCUT2D eigenvalue weighted by molar-refractivity contribution is 7.08. The summed E-state index contributed by atoms with van der Waals surface area (Å²) in [5.74, 6) is 0.598. The van der Waals surface area contributed by atoms with Crippen LogP contribution in [0.5, 0.6) is 5.75 Å². The number of nitrogens with one attached hydrogen (secondary N) is 1. The third-order valence-corrected chi connectivity index (χ3v) is 3.84. The fourth-order valence-electron chi connectivity index (χ4n) is 2.04. The Hall–Kier alpha value is -2.67. The first-order chi connectivity index (χ1) is 11.3. The maximum absolute atomic E-state index is 12.1. The molecule has 0 spiro atoms. The van der Waals surface area contributed by atoms with Crippen molar-refractivity contribution in [3.05, 3.63) is 58.5 Å². The highest BCUT2D eigenvalue weighted by Gasteiger charge is 2.08. The van der Waals surface area contributed by atoms with Crippen LogP contribution in [0, 0.1) is 0 Å². The zero-order chi connectivity index (χ0) is 16.1. The van der Waals surface area contributed by atoms with Crippen molar-refractivity contribution in [2.24, 2.45) is 0 Å². The number of carbonyl (C=O) groups excluding carboxylic acids is 1. The Balaban J connectivity index is 1.58. The zero-order valence-corrected chi connectivity index (χ0v) is 13.4. The fraction of sp³-hybridized carbons (Fsp3) is 0.188. The SMILES string of the molecule is CCOc1ccc(C(=O)NCc2cn(-c3ccsc3)nn2)cc1. The minimum Gasteiger partial charge on any atom is -0.494 e. The molecule has 0 aliphatic carbocycles. The van der Waals surface area contributed by atoms with Crippen molar-refractivity contribution in [2.75, 3.05) is 6.61 Å². The Morgan fingerprint density at radius 1 is 1.30 bits per heavy atom. The van der Waals surface area contributed by atoms with E-state index in [0.29, 0.717) is 24.4 Å². The molecule has 0 fully saturated rings. The number of rotatable bonds is 6. The molecule has 1 N–H and O–H groups in total. The number of hydrogen-bond acceptors (Lipinski definition) is 5. The Bertz CT molecular complexity index is 766. The maximum atomic E-state index is 12.1. The molecule has 118 valence electrons. The Morgan fingerprint density at radius 3 is 2.83 bits per heavy atom. The van der Waals surface area contributed by atoms with Gasteiger partial charge in [0.15, 0.2) is 0 Å². The van der Waals surface area contributed by atoms with E-state index in [1.807, 2.05) is 23.8 Å². The van der Waals surface area contributed by atoms with Crippen molar-refractivity contribution >= 4 is 17.2 Å². The lowest BCUT2D eigenvalue weighted by Crippen LogP contribution is -2.22. The molecule has 2 heterocycles. The summed E-state index contributed by atoms with van der Waals surface area (Å²) in [7, 11) is 0. The van der Waals surface area contributed by atoms with E-state index < -0.39 is 0 Å². The van der Waals surface area contributed by atoms with Crippen LogP contribution in [0.3, 0.4) is 0 Å². The van der Waals surface area contributed by atoms with Crippen LogP contribution >= 0.6 is 11.3 Å². The highest BCUT2D eigenvalue weighted by Crippen LogP contribution is 2.13. The topological polar surface area (TPSA) is 69.0 Å². The van der Waals surface area contributed by atoms with Crippen LogP contribution in [0.1, 0.15) is 23.0 Å². The predicted octanol–water partition coefficient (Wildman–Crippen LogP) is 2.66. The molecule has 6 nitrogen and oxygen atoms in total. The fourth-order valence-corrected chi connectivity index (χ4v) is 2.66. The van der Waals surface area contributed by atoms with Crippen molar-refractivity contribution in [2.45, 2.75) is 13.5 Å². The van der Waals surface area contributed by atoms with Gasteiger partial charge in [0.25, 0.3) is 5.91 Å². The van der Waals surface area contributed by atoms with Gasteiger partial charge in [0.2, 0.25) is 0 Å². The summed E-state index contributed by atoms with van der Waals surface area (Å²) >= 11 is 1.60. The molecule has 0 radical (unpaired) electrons. The van der Waals surface area contributed by atoms with Crippen molar-refractivity contribution in [1.29, 1.82) is 0 Å². The monoisotopic (exact) mass is 328 g/mol. The first-order valence-corrected chi connectivity index (χ1v) is 8.15. The van der Waals surface area contributed by atoms with E-state index in [1.54, 1.807) is 46.5 Å². The number of amides is 1. The van der Waals surface area contributed by atoms with Crippen LogP contribution in [0.4, 0.5) is 0 Å². The molecule has 7 heteroatoms. The predicted molar refractivity (Wildman–Crippen MR) is 88.0 cm³/mol. The van der Waals surface area contributed by atoms with Crippen LogP contribution in [-0.2, 0) is 6.54 Å². The summed E-state index contributed by atoms with van der Waals surface area (Å²) in [6.07, 6.45) is 1.81. The molecule has 1 amide bonds. The van der Waals surface area contributed by atoms with Crippen molar-refractivity contribution in [3.8, 4) is 11.4 Å². The molecule has 0 saturated carbocycles. The average Bonchev–Trinajstić information content (AvgIpc) is 3.25. The van der Waals surface area contributed by atoms with E-state index in [9.17, 15) is 4.79 Å². The van der Waals surface area contributed by atoms with Gasteiger partial charge in [-0.15, -0.1) is 5.10 Å². The lowest BCUT2D eigenvalue weighted by molar-refractivity contribution is 0.0950. The molecule has 0 unspecified atom stereocenters. The standard InChI is InChI=1S/C16H16N4O2S/c1-2-22-15-5-3-12(4-6-15)16(21)17-9-13-10-20(19-18-13)14-7-8-23-11-14/h3-8,10-11H,2,9H2,1H3,(H,17,21). The van der Waals surface area contributed by atoms with Gasteiger partial charge in [0.1, 0.15) is 11.4 Å². The third-order valence-electron chi connectivity index (χ3n) is 3.17. The van der Waals surface area contributed by atoms with Gasteiger partial charge in [-0.3, -0.25) is 4.79 Å². The van der Waals surface area contributed by atoms with Gasteiger partial charge in [-0.2, -0.15) is 11.3 Å². The van der Waals surface area contributed by atoms with Crippen LogP contribution in [0.15, 0.2) is 47.3 Å². The van der Waals surface area contributed by atoms with Crippen LogP contribution in [0.2, 0.25) is 0 Å². The molecule has 0 aliphatic rings. The summed E-state index contributed by atoms with van der Waals surface area (Å²) in [6, 6.07) is 9.00. The van der Waals surface area contributed by atoms with Gasteiger partial charge >= 0.3 is 0 Å². The molecule has 2 aromatic heterocycles. The number of nitrogens with zero attached hydrogens (tertiary/aromatic N) is 3. The second-order valence-electron chi connectivity index (χ2n) is 4.78. The van der Waals surface area contributed by atoms with E-state index in [0.717, 1.165) is 11.4 Å². The minimum absolute atomic E-state index is 0.155. The molecule has 0 atom stereocenters. The zero-order valence-electron chi connectivity index (χ0n) is 12.6. The molecule has 3 rings (SSSR count). The second kappa shape index (κ2) is 7.06. The molecule has 1 aromatic carbocycles. The number of benzene rings is 1. The number of hydrogen-bond donors (Lipinski definition) is 1. The number of thiophene rings is 1. The summed E-state index contributed by atoms with van der Waals surface area (Å²) in [6.45, 7) is 2.85. The van der Waals surface area contributed by atoms with E-state index >= 15 is 0 Å². The minimum atomic E-state index is -0.155. The van der Waals surface area contributed by atoms with Crippen molar-refractivity contribution < 1.29 is 9.53 Å². The van der Waals surface area contributed by atoms with Gasteiger partial charge in [-0.1, -0.05) is 5.21 Å². The molecule has 0 saturated heterocycles. The largest absolute Gasteiger partial charge is 0.494 e. The van der Waals surface area contributed by atoms with Gasteiger partial charge in [-0.05, 0) is 42.6 Å². The van der Waals surface area contributed by atoms with E-state index in [-0.39, 0.29) is 5.91 Å². The molecule has 3 aromatic rings. The summed E-state index contributed by atoms with van der Waals surface area (Å²) in [5.41, 5.74) is 2.25. The smallest absolute Gasteiger partial charge is 0.251 e. The Morgan fingerprint density at radius 2 is 2.13 bits per heavy atom. The molecule has 0 bridgehead atoms. The quantitative estimate of drug-likeness (QED) is 0.755. The summed E-state index contributed by atoms with van der Waals surface area (Å²) in [5, 5.41) is 14.9. The van der Waals surface area contributed by atoms with Crippen LogP contribution < -0.4 is 10.1 Å². The summed E-state index contributed by atoms with van der Waals surface area (Å²) in [4.78, 5) is 12.1. The van der Waals surface area contributed by atoms with Crippen molar-refractivity contribution in [3.63, 3.8) is 0 Å². The molecule has 0 aliphatic heterocycles. The second-order valence-corrected chi connectivity index (χ2v) is 5.56. The first kappa shape index (κ1) is 15.2. The number of ether oxygens (including phenoxy) is 1. The lowest BCUT2D eigenvalue weighted by atomic mass is 10.2. The van der Waals surface area contributed by atoms with Crippen LogP contribution in [-0.4, -0.2) is 27.5 Å². The third kappa shape index (κ3) is 3.75. The average molecular weight is 328 g/mol. The first-order valence-electron chi connectivity index (χ1n) is 7.21. The molecule has 23 heavy (non-hydrogen) atoms. The lowest BCUT2D eigenvalue weighted by Gasteiger charge is -2.05. The van der Waals surface area contributed by atoms with Gasteiger partial charge in [0.05, 0.1) is 25.0 Å². The normalized spacial score (nSPS) is 10.5. The highest BCUT2D eigenvalue weighted by atomic mass is 32.1. The Kier molecular flexibility index (Phi) is 4.68. The number of aromatic nitrogens is 3. The number of carbonyl (C=O) groups is 1. The van der Waals surface area contributed by atoms with Gasteiger partial charge in [-0.25, -0.2) is 4.68 Å². The van der Waals surface area contributed by atoms with Gasteiger partial charge < -0.3 is 10.1 Å².